The van der Waals surface area contributed by atoms with E-state index in [2.05, 4.69) is 4.99 Å². The van der Waals surface area contributed by atoms with Crippen LogP contribution in [0.3, 0.4) is 0 Å². The standard InChI is InChI=1S/C5H10BN/c1-5(2,6)4-7-3/h4H,1-3H3. The molecule has 0 bridgehead atoms. The van der Waals surface area contributed by atoms with Gasteiger partial charge in [0.05, 0.1) is 7.85 Å². The zero-order valence-electron chi connectivity index (χ0n) is 5.10. The van der Waals surface area contributed by atoms with E-state index in [0.717, 1.165) is 0 Å². The van der Waals surface area contributed by atoms with Crippen molar-refractivity contribution in [2.45, 2.75) is 19.2 Å². The zero-order chi connectivity index (χ0) is 5.91. The van der Waals surface area contributed by atoms with Crippen molar-refractivity contribution in [2.24, 2.45) is 4.99 Å². The normalized spacial score (nSPS) is 13.0. The molecule has 1 nitrogen and oxygen atoms in total. The van der Waals surface area contributed by atoms with Crippen LogP contribution in [0.2, 0.25) is 5.31 Å². The molecule has 0 spiro atoms. The van der Waals surface area contributed by atoms with E-state index in [4.69, 9.17) is 7.85 Å². The second-order valence-corrected chi connectivity index (χ2v) is 2.21. The summed E-state index contributed by atoms with van der Waals surface area (Å²) in [4.78, 5) is 3.76. The average molecular weight is 95.0 g/mol. The summed E-state index contributed by atoms with van der Waals surface area (Å²) in [7, 11) is 7.21. The highest BCUT2D eigenvalue weighted by Gasteiger charge is 2.02. The van der Waals surface area contributed by atoms with E-state index in [1.807, 2.05) is 13.8 Å². The first kappa shape index (κ1) is 6.73. The summed E-state index contributed by atoms with van der Waals surface area (Å²) in [6.07, 6.45) is 1.72. The number of nitrogens with zero attached hydrogens (tertiary/aromatic N) is 1. The van der Waals surface area contributed by atoms with Gasteiger partial charge in [-0.25, -0.2) is 0 Å². The molecular formula is C5H10BN. The van der Waals surface area contributed by atoms with E-state index in [9.17, 15) is 0 Å². The van der Waals surface area contributed by atoms with Gasteiger partial charge in [-0.2, -0.15) is 0 Å². The lowest BCUT2D eigenvalue weighted by atomic mass is 9.74. The Balaban J connectivity index is 3.56. The van der Waals surface area contributed by atoms with Gasteiger partial charge in [-0.15, -0.1) is 0 Å². The van der Waals surface area contributed by atoms with E-state index in [0.29, 0.717) is 0 Å². The van der Waals surface area contributed by atoms with Crippen LogP contribution in [-0.2, 0) is 0 Å². The Labute approximate surface area is 46.2 Å². The lowest BCUT2D eigenvalue weighted by molar-refractivity contribution is 0.932. The predicted octanol–water partition coefficient (Wildman–Crippen LogP) is 1.05. The van der Waals surface area contributed by atoms with Crippen molar-refractivity contribution in [1.29, 1.82) is 0 Å². The highest BCUT2D eigenvalue weighted by Crippen LogP contribution is 2.12. The molecule has 0 aromatic rings. The Morgan fingerprint density at radius 2 is 2.00 bits per heavy atom. The highest BCUT2D eigenvalue weighted by molar-refractivity contribution is 6.24. The van der Waals surface area contributed by atoms with Gasteiger partial charge in [0.15, 0.2) is 0 Å². The van der Waals surface area contributed by atoms with Gasteiger partial charge in [-0.05, 0) is 11.5 Å². The van der Waals surface area contributed by atoms with Gasteiger partial charge in [0.2, 0.25) is 0 Å². The van der Waals surface area contributed by atoms with Gasteiger partial charge in [-0.1, -0.05) is 13.8 Å². The lowest BCUT2D eigenvalue weighted by Gasteiger charge is -2.08. The van der Waals surface area contributed by atoms with Crippen molar-refractivity contribution >= 4 is 14.1 Å². The molecule has 0 aliphatic heterocycles. The minimum Gasteiger partial charge on any atom is -0.301 e. The van der Waals surface area contributed by atoms with Gasteiger partial charge in [0.1, 0.15) is 0 Å². The molecule has 0 amide bonds. The Morgan fingerprint density at radius 1 is 1.57 bits per heavy atom. The summed E-state index contributed by atoms with van der Waals surface area (Å²) in [5.41, 5.74) is 0. The average Bonchev–Trinajstić information content (AvgIpc) is 1.30. The van der Waals surface area contributed by atoms with Crippen LogP contribution in [0.25, 0.3) is 0 Å². The summed E-state index contributed by atoms with van der Waals surface area (Å²) >= 11 is 0. The topological polar surface area (TPSA) is 12.4 Å². The summed E-state index contributed by atoms with van der Waals surface area (Å²) in [6, 6.07) is 0. The molecule has 0 aromatic heterocycles. The number of hydrogen-bond acceptors (Lipinski definition) is 1. The molecular weight excluding hydrogens is 84.9 g/mol. The smallest absolute Gasteiger partial charge is 0.0815 e. The van der Waals surface area contributed by atoms with Crippen LogP contribution < -0.4 is 0 Å². The first-order valence-electron chi connectivity index (χ1n) is 2.28. The SMILES string of the molecule is [B]C(C)(C)C=NC. The molecule has 0 unspecified atom stereocenters. The van der Waals surface area contributed by atoms with Crippen molar-refractivity contribution in [3.63, 3.8) is 0 Å². The zero-order valence-corrected chi connectivity index (χ0v) is 5.10. The number of rotatable bonds is 1. The summed E-state index contributed by atoms with van der Waals surface area (Å²) < 4.78 is 0. The van der Waals surface area contributed by atoms with E-state index in [-0.39, 0.29) is 5.31 Å². The molecule has 2 radical (unpaired) electrons. The molecule has 0 saturated heterocycles. The largest absolute Gasteiger partial charge is 0.301 e. The fourth-order valence-electron chi connectivity index (χ4n) is 0.333. The van der Waals surface area contributed by atoms with Crippen LogP contribution in [0.4, 0.5) is 0 Å². The molecule has 0 rings (SSSR count). The Bertz CT molecular complexity index is 70.6. The molecule has 0 saturated carbocycles. The third kappa shape index (κ3) is 5.73. The third-order valence-electron chi connectivity index (χ3n) is 0.462. The third-order valence-corrected chi connectivity index (χ3v) is 0.462. The van der Waals surface area contributed by atoms with Crippen LogP contribution >= 0.6 is 0 Å². The van der Waals surface area contributed by atoms with Gasteiger partial charge in [0.25, 0.3) is 0 Å². The van der Waals surface area contributed by atoms with Gasteiger partial charge in [-0.3, -0.25) is 0 Å². The second kappa shape index (κ2) is 2.15. The van der Waals surface area contributed by atoms with Crippen molar-refractivity contribution in [2.75, 3.05) is 7.05 Å². The fraction of sp³-hybridized carbons (Fsp3) is 0.800. The van der Waals surface area contributed by atoms with Crippen molar-refractivity contribution < 1.29 is 0 Å². The van der Waals surface area contributed by atoms with Crippen LogP contribution in [0.15, 0.2) is 4.99 Å². The Hall–Kier alpha value is -0.265. The molecule has 38 valence electrons. The van der Waals surface area contributed by atoms with Crippen molar-refractivity contribution in [3.05, 3.63) is 0 Å². The molecule has 0 aliphatic rings. The maximum Gasteiger partial charge on any atom is 0.0815 e. The fourth-order valence-corrected chi connectivity index (χ4v) is 0.333. The summed E-state index contributed by atoms with van der Waals surface area (Å²) in [5.74, 6) is 0. The monoisotopic (exact) mass is 95.1 g/mol. The number of hydrogen-bond donors (Lipinski definition) is 0. The first-order chi connectivity index (χ1) is 3.06. The van der Waals surface area contributed by atoms with Crippen LogP contribution in [0.5, 0.6) is 0 Å². The van der Waals surface area contributed by atoms with E-state index in [1.54, 1.807) is 13.3 Å². The molecule has 0 fully saturated rings. The highest BCUT2D eigenvalue weighted by atomic mass is 14.6. The maximum absolute atomic E-state index is 5.50. The molecule has 0 aliphatic carbocycles. The number of aliphatic imine (C=N–C) groups is 1. The summed E-state index contributed by atoms with van der Waals surface area (Å²) in [6.45, 7) is 3.81. The predicted molar refractivity (Wildman–Crippen MR) is 34.2 cm³/mol. The van der Waals surface area contributed by atoms with Crippen LogP contribution in [-0.4, -0.2) is 21.1 Å². The van der Waals surface area contributed by atoms with Crippen molar-refractivity contribution in [1.82, 2.24) is 0 Å². The lowest BCUT2D eigenvalue weighted by Crippen LogP contribution is -2.02. The van der Waals surface area contributed by atoms with Crippen LogP contribution in [0.1, 0.15) is 13.8 Å². The minimum absolute atomic E-state index is 0.241. The van der Waals surface area contributed by atoms with Crippen molar-refractivity contribution in [3.8, 4) is 0 Å². The molecule has 7 heavy (non-hydrogen) atoms. The Morgan fingerprint density at radius 3 is 2.00 bits per heavy atom. The molecule has 0 heterocycles. The second-order valence-electron chi connectivity index (χ2n) is 2.21. The van der Waals surface area contributed by atoms with Gasteiger partial charge < -0.3 is 4.99 Å². The molecule has 2 heteroatoms. The van der Waals surface area contributed by atoms with E-state index < -0.39 is 0 Å². The Kier molecular flexibility index (Phi) is 2.07. The van der Waals surface area contributed by atoms with Crippen LogP contribution in [0, 0.1) is 0 Å². The van der Waals surface area contributed by atoms with Gasteiger partial charge in [0, 0.05) is 7.05 Å². The molecule has 0 aromatic carbocycles. The first-order valence-corrected chi connectivity index (χ1v) is 2.28. The minimum atomic E-state index is -0.241. The van der Waals surface area contributed by atoms with Gasteiger partial charge >= 0.3 is 0 Å². The summed E-state index contributed by atoms with van der Waals surface area (Å²) in [5, 5.41) is -0.241. The molecule has 0 atom stereocenters. The maximum atomic E-state index is 5.50. The quantitative estimate of drug-likeness (QED) is 0.341. The van der Waals surface area contributed by atoms with E-state index >= 15 is 0 Å². The van der Waals surface area contributed by atoms with E-state index in [1.165, 1.54) is 0 Å². The molecule has 0 N–H and O–H groups in total.